The Morgan fingerprint density at radius 2 is 1.93 bits per heavy atom. The van der Waals surface area contributed by atoms with Crippen molar-refractivity contribution in [2.45, 2.75) is 0 Å². The minimum atomic E-state index is -1.06. The lowest BCUT2D eigenvalue weighted by atomic mass is 10.2. The van der Waals surface area contributed by atoms with Crippen LogP contribution in [0.3, 0.4) is 0 Å². The van der Waals surface area contributed by atoms with E-state index in [9.17, 15) is 4.79 Å². The third-order valence-electron chi connectivity index (χ3n) is 1.79. The molecule has 4 heteroatoms. The zero-order valence-electron chi connectivity index (χ0n) is 7.21. The van der Waals surface area contributed by atoms with Crippen molar-refractivity contribution in [2.75, 3.05) is 0 Å². The van der Waals surface area contributed by atoms with Gasteiger partial charge >= 0.3 is 5.97 Å². The monoisotopic (exact) mass is 187 g/mol. The molecule has 1 aromatic carbocycles. The van der Waals surface area contributed by atoms with E-state index in [-0.39, 0.29) is 5.70 Å². The SMILES string of the molecule is O=C(O)C1=CN=C(c2ccccc2)[N]1. The molecule has 1 aromatic rings. The van der Waals surface area contributed by atoms with Crippen molar-refractivity contribution in [3.05, 3.63) is 47.8 Å². The number of carboxylic acids is 1. The molecule has 2 rings (SSSR count). The Morgan fingerprint density at radius 3 is 2.50 bits per heavy atom. The van der Waals surface area contributed by atoms with Crippen LogP contribution in [0.5, 0.6) is 0 Å². The first-order valence-corrected chi connectivity index (χ1v) is 4.06. The van der Waals surface area contributed by atoms with Crippen LogP contribution in [0, 0.1) is 0 Å². The number of benzene rings is 1. The second-order valence-corrected chi connectivity index (χ2v) is 2.75. The predicted molar refractivity (Wildman–Crippen MR) is 50.8 cm³/mol. The second kappa shape index (κ2) is 3.33. The van der Waals surface area contributed by atoms with Gasteiger partial charge in [0.15, 0.2) is 11.5 Å². The molecule has 14 heavy (non-hydrogen) atoms. The number of amidine groups is 1. The standard InChI is InChI=1S/C10H7N2O2/c13-10(14)8-6-11-9(12-8)7-4-2-1-3-5-7/h1-6H,(H,13,14). The smallest absolute Gasteiger partial charge is 0.356 e. The second-order valence-electron chi connectivity index (χ2n) is 2.75. The Kier molecular flexibility index (Phi) is 2.02. The molecule has 1 aliphatic rings. The van der Waals surface area contributed by atoms with Gasteiger partial charge in [0.05, 0.1) is 6.20 Å². The lowest BCUT2D eigenvalue weighted by molar-refractivity contribution is -0.132. The van der Waals surface area contributed by atoms with Gasteiger partial charge in [0.25, 0.3) is 0 Å². The fraction of sp³-hybridized carbons (Fsp3) is 0. The highest BCUT2D eigenvalue weighted by Gasteiger charge is 2.18. The van der Waals surface area contributed by atoms with E-state index in [2.05, 4.69) is 10.3 Å². The van der Waals surface area contributed by atoms with E-state index in [0.717, 1.165) is 5.56 Å². The van der Waals surface area contributed by atoms with Gasteiger partial charge in [-0.3, -0.25) is 0 Å². The average molecular weight is 187 g/mol. The van der Waals surface area contributed by atoms with Gasteiger partial charge in [-0.05, 0) is 0 Å². The topological polar surface area (TPSA) is 63.8 Å². The third-order valence-corrected chi connectivity index (χ3v) is 1.79. The molecule has 0 saturated heterocycles. The Bertz CT molecular complexity index is 421. The minimum absolute atomic E-state index is 0.0242. The number of hydrogen-bond donors (Lipinski definition) is 1. The fourth-order valence-corrected chi connectivity index (χ4v) is 1.12. The molecular weight excluding hydrogens is 180 g/mol. The Labute approximate surface area is 80.6 Å². The van der Waals surface area contributed by atoms with Crippen LogP contribution >= 0.6 is 0 Å². The third kappa shape index (κ3) is 1.50. The summed E-state index contributed by atoms with van der Waals surface area (Å²) in [5, 5.41) is 12.5. The number of aliphatic imine (C=N–C) groups is 1. The molecule has 0 atom stereocenters. The minimum Gasteiger partial charge on any atom is -0.476 e. The summed E-state index contributed by atoms with van der Waals surface area (Å²) in [5.41, 5.74) is 0.795. The van der Waals surface area contributed by atoms with Gasteiger partial charge in [-0.1, -0.05) is 30.3 Å². The highest BCUT2D eigenvalue weighted by molar-refractivity contribution is 6.06. The molecule has 69 valence electrons. The zero-order chi connectivity index (χ0) is 9.97. The van der Waals surface area contributed by atoms with E-state index >= 15 is 0 Å². The first-order valence-electron chi connectivity index (χ1n) is 4.06. The number of nitrogens with zero attached hydrogens (tertiary/aromatic N) is 2. The van der Waals surface area contributed by atoms with E-state index in [1.54, 1.807) is 0 Å². The summed E-state index contributed by atoms with van der Waals surface area (Å²) in [4.78, 5) is 14.5. The predicted octanol–water partition coefficient (Wildman–Crippen LogP) is 0.977. The van der Waals surface area contributed by atoms with E-state index in [1.165, 1.54) is 6.20 Å². The van der Waals surface area contributed by atoms with Gasteiger partial charge in [-0.15, -0.1) is 0 Å². The number of hydrogen-bond acceptors (Lipinski definition) is 2. The van der Waals surface area contributed by atoms with Crippen molar-refractivity contribution in [3.8, 4) is 0 Å². The van der Waals surface area contributed by atoms with Crippen molar-refractivity contribution in [1.29, 1.82) is 0 Å². The Balaban J connectivity index is 2.17. The van der Waals surface area contributed by atoms with E-state index < -0.39 is 5.97 Å². The van der Waals surface area contributed by atoms with Gasteiger partial charge in [0.1, 0.15) is 0 Å². The Morgan fingerprint density at radius 1 is 1.21 bits per heavy atom. The molecule has 1 N–H and O–H groups in total. The molecule has 1 aliphatic heterocycles. The van der Waals surface area contributed by atoms with E-state index in [4.69, 9.17) is 5.11 Å². The number of carbonyl (C=O) groups is 1. The van der Waals surface area contributed by atoms with Crippen molar-refractivity contribution in [1.82, 2.24) is 5.32 Å². The Hall–Kier alpha value is -2.10. The van der Waals surface area contributed by atoms with Crippen LogP contribution in [0.25, 0.3) is 0 Å². The number of rotatable bonds is 2. The maximum Gasteiger partial charge on any atom is 0.356 e. The van der Waals surface area contributed by atoms with E-state index in [0.29, 0.717) is 5.84 Å². The van der Waals surface area contributed by atoms with Crippen LogP contribution in [0.15, 0.2) is 47.2 Å². The maximum atomic E-state index is 10.5. The molecule has 4 nitrogen and oxygen atoms in total. The maximum absolute atomic E-state index is 10.5. The van der Waals surface area contributed by atoms with Crippen LogP contribution in [0.1, 0.15) is 5.56 Å². The van der Waals surface area contributed by atoms with Gasteiger partial charge in [-0.25, -0.2) is 15.1 Å². The summed E-state index contributed by atoms with van der Waals surface area (Å²) in [7, 11) is 0. The first kappa shape index (κ1) is 8.50. The highest BCUT2D eigenvalue weighted by atomic mass is 16.4. The van der Waals surface area contributed by atoms with Crippen LogP contribution in [-0.2, 0) is 4.79 Å². The number of aliphatic carboxylic acids is 1. The van der Waals surface area contributed by atoms with Gasteiger partial charge in [-0.2, -0.15) is 0 Å². The first-order chi connectivity index (χ1) is 6.77. The van der Waals surface area contributed by atoms with E-state index in [1.807, 2.05) is 30.3 Å². The summed E-state index contributed by atoms with van der Waals surface area (Å²) in [5.74, 6) is -0.609. The van der Waals surface area contributed by atoms with Gasteiger partial charge in [0, 0.05) is 5.56 Å². The molecule has 0 aromatic heterocycles. The lowest BCUT2D eigenvalue weighted by Gasteiger charge is -1.99. The molecule has 1 heterocycles. The molecule has 0 saturated carbocycles. The summed E-state index contributed by atoms with van der Waals surface area (Å²) in [6.07, 6.45) is 1.25. The highest BCUT2D eigenvalue weighted by Crippen LogP contribution is 2.09. The van der Waals surface area contributed by atoms with Crippen LogP contribution in [-0.4, -0.2) is 16.9 Å². The van der Waals surface area contributed by atoms with Crippen molar-refractivity contribution in [3.63, 3.8) is 0 Å². The summed E-state index contributed by atoms with van der Waals surface area (Å²) in [6, 6.07) is 9.25. The van der Waals surface area contributed by atoms with Crippen molar-refractivity contribution >= 4 is 11.8 Å². The molecule has 0 unspecified atom stereocenters. The molecule has 0 spiro atoms. The largest absolute Gasteiger partial charge is 0.476 e. The van der Waals surface area contributed by atoms with Crippen molar-refractivity contribution < 1.29 is 9.90 Å². The molecule has 1 radical (unpaired) electrons. The molecule has 0 fully saturated rings. The molecular formula is C10H7N2O2. The van der Waals surface area contributed by atoms with Crippen molar-refractivity contribution in [2.24, 2.45) is 4.99 Å². The zero-order valence-corrected chi connectivity index (χ0v) is 7.21. The molecule has 0 amide bonds. The quantitative estimate of drug-likeness (QED) is 0.749. The molecule has 0 aliphatic carbocycles. The number of carboxylic acid groups (broad SMARTS) is 1. The molecule has 0 bridgehead atoms. The van der Waals surface area contributed by atoms with Crippen LogP contribution < -0.4 is 5.32 Å². The normalized spacial score (nSPS) is 14.3. The summed E-state index contributed by atoms with van der Waals surface area (Å²) < 4.78 is 0. The van der Waals surface area contributed by atoms with Gasteiger partial charge in [0.2, 0.25) is 0 Å². The van der Waals surface area contributed by atoms with Crippen LogP contribution in [0.4, 0.5) is 0 Å². The summed E-state index contributed by atoms with van der Waals surface area (Å²) in [6.45, 7) is 0. The van der Waals surface area contributed by atoms with Crippen LogP contribution in [0.2, 0.25) is 0 Å². The lowest BCUT2D eigenvalue weighted by Crippen LogP contribution is -2.16. The fourth-order valence-electron chi connectivity index (χ4n) is 1.12. The summed E-state index contributed by atoms with van der Waals surface area (Å²) >= 11 is 0. The van der Waals surface area contributed by atoms with Gasteiger partial charge < -0.3 is 5.11 Å². The average Bonchev–Trinajstić information content (AvgIpc) is 2.68.